The molecule has 2 heterocycles. The first-order valence-electron chi connectivity index (χ1n) is 12.9. The number of hydrogen-bond acceptors (Lipinski definition) is 8. The van der Waals surface area contributed by atoms with Crippen LogP contribution in [-0.4, -0.2) is 90.9 Å². The van der Waals surface area contributed by atoms with Crippen LogP contribution in [0.4, 0.5) is 4.39 Å². The van der Waals surface area contributed by atoms with Crippen molar-refractivity contribution >= 4 is 36.9 Å². The number of hydrogen-bond donors (Lipinski definition) is 1. The van der Waals surface area contributed by atoms with E-state index in [0.29, 0.717) is 44.0 Å². The van der Waals surface area contributed by atoms with E-state index in [1.165, 1.54) is 19.2 Å². The molecule has 1 aromatic carbocycles. The topological polar surface area (TPSA) is 109 Å². The van der Waals surface area contributed by atoms with Gasteiger partial charge in [0.25, 0.3) is 0 Å². The largest absolute Gasteiger partial charge is 5.00 e. The van der Waals surface area contributed by atoms with Gasteiger partial charge in [0.05, 0.1) is 12.3 Å². The molecule has 2 bridgehead atoms. The third-order valence-corrected chi connectivity index (χ3v) is 7.79. The van der Waals surface area contributed by atoms with Crippen molar-refractivity contribution < 1.29 is 44.7 Å². The van der Waals surface area contributed by atoms with Gasteiger partial charge in [-0.05, 0) is 75.5 Å². The number of halogens is 1. The summed E-state index contributed by atoms with van der Waals surface area (Å²) >= 11 is 10.1. The van der Waals surface area contributed by atoms with Gasteiger partial charge in [0, 0.05) is 18.0 Å². The molecule has 5 atom stereocenters. The molecular weight excluding hydrogens is 613 g/mol. The van der Waals surface area contributed by atoms with E-state index in [1.807, 2.05) is 19.1 Å². The van der Waals surface area contributed by atoms with Crippen LogP contribution in [-0.2, 0) is 60.5 Å². The number of carbonyl (C=O) groups is 1. The number of fused-ring (bicyclic) bond motifs is 2. The minimum Gasteiger partial charge on any atom is -2.00 e. The molecule has 38 heavy (non-hydrogen) atoms. The van der Waals surface area contributed by atoms with Crippen molar-refractivity contribution in [1.29, 1.82) is 0 Å². The zero-order valence-electron chi connectivity index (χ0n) is 22.0. The number of amides is 1. The maximum atomic E-state index is 13.6. The molecule has 2 aliphatic heterocycles. The molecule has 2 fully saturated rings. The van der Waals surface area contributed by atoms with E-state index in [9.17, 15) is 14.3 Å². The van der Waals surface area contributed by atoms with Crippen molar-refractivity contribution in [3.05, 3.63) is 35.6 Å². The molecule has 1 amide bonds. The van der Waals surface area contributed by atoms with Gasteiger partial charge in [0.1, 0.15) is 12.9 Å². The Balaban J connectivity index is 0.00000361. The van der Waals surface area contributed by atoms with Crippen LogP contribution in [0.3, 0.4) is 0 Å². The maximum absolute atomic E-state index is 13.6. The molecule has 1 aromatic rings. The van der Waals surface area contributed by atoms with Gasteiger partial charge in [-0.2, -0.15) is 11.5 Å². The molecule has 3 rings (SSSR count). The SMILES string of the molecule is CC/C(=N\OC)[C@@H]1C2C([O-])CC(C[C@H]1c1ccc(F)cc1)N2CCCN(CC[S-])CC(=O)NCC[S-].[98Tc+5].[O-2]. The molecule has 8 nitrogen and oxygen atoms in total. The Morgan fingerprint density at radius 1 is 1.24 bits per heavy atom. The van der Waals surface area contributed by atoms with E-state index in [2.05, 4.69) is 20.3 Å². The Morgan fingerprint density at radius 3 is 2.55 bits per heavy atom. The van der Waals surface area contributed by atoms with Crippen molar-refractivity contribution in [2.75, 3.05) is 51.3 Å². The van der Waals surface area contributed by atoms with Crippen molar-refractivity contribution in [3.8, 4) is 0 Å². The summed E-state index contributed by atoms with van der Waals surface area (Å²) in [5, 5.41) is 20.6. The zero-order valence-corrected chi connectivity index (χ0v) is 25.5. The van der Waals surface area contributed by atoms with Crippen molar-refractivity contribution in [1.82, 2.24) is 15.1 Å². The van der Waals surface area contributed by atoms with Gasteiger partial charge in [-0.25, -0.2) is 4.39 Å². The molecule has 1 N–H and O–H groups in total. The van der Waals surface area contributed by atoms with E-state index >= 15 is 0 Å². The average molecular weight is 652 g/mol. The van der Waals surface area contributed by atoms with Gasteiger partial charge in [-0.1, -0.05) is 24.2 Å². The van der Waals surface area contributed by atoms with Crippen molar-refractivity contribution in [3.63, 3.8) is 0 Å². The summed E-state index contributed by atoms with van der Waals surface area (Å²) < 4.78 is 13.6. The number of nitrogens with one attached hydrogen (secondary N) is 1. The van der Waals surface area contributed by atoms with Crippen molar-refractivity contribution in [2.45, 2.75) is 56.7 Å². The Labute approximate surface area is 250 Å². The summed E-state index contributed by atoms with van der Waals surface area (Å²) in [6.07, 6.45) is 2.23. The Morgan fingerprint density at radius 2 is 1.95 bits per heavy atom. The zero-order chi connectivity index (χ0) is 26.1. The summed E-state index contributed by atoms with van der Waals surface area (Å²) in [6.45, 7) is 5.01. The van der Waals surface area contributed by atoms with E-state index < -0.39 is 6.10 Å². The Bertz CT molecular complexity index is 870. The summed E-state index contributed by atoms with van der Waals surface area (Å²) in [5.74, 6) is 0.754. The van der Waals surface area contributed by atoms with Crippen LogP contribution < -0.4 is 10.4 Å². The smallest absolute Gasteiger partial charge is 2.00 e. The number of piperidine rings is 1. The first kappa shape index (κ1) is 35.3. The van der Waals surface area contributed by atoms with Gasteiger partial charge in [0.2, 0.25) is 5.91 Å². The van der Waals surface area contributed by atoms with Crippen LogP contribution in [0.25, 0.3) is 0 Å². The van der Waals surface area contributed by atoms with Crippen LogP contribution in [0.5, 0.6) is 0 Å². The second-order valence-electron chi connectivity index (χ2n) is 9.58. The maximum Gasteiger partial charge on any atom is 5.00 e. The number of rotatable bonds is 14. The third-order valence-electron chi connectivity index (χ3n) is 7.41. The normalized spacial score (nSPS) is 25.0. The fourth-order valence-electron chi connectivity index (χ4n) is 5.96. The summed E-state index contributed by atoms with van der Waals surface area (Å²) in [5.41, 5.74) is 1.93. The Hall–Kier alpha value is -0.721. The molecular formula is C26H38FN4O4S2Tc. The predicted octanol–water partition coefficient (Wildman–Crippen LogP) is 1.29. The quantitative estimate of drug-likeness (QED) is 0.184. The molecule has 0 aliphatic carbocycles. The van der Waals surface area contributed by atoms with Gasteiger partial charge >= 0.3 is 20.1 Å². The van der Waals surface area contributed by atoms with Gasteiger partial charge in [-0.3, -0.25) is 14.6 Å². The van der Waals surface area contributed by atoms with E-state index in [-0.39, 0.29) is 61.2 Å². The van der Waals surface area contributed by atoms with Crippen LogP contribution in [0.1, 0.15) is 44.1 Å². The van der Waals surface area contributed by atoms with Crippen LogP contribution in [0.2, 0.25) is 0 Å². The Kier molecular flexibility index (Phi) is 16.6. The molecule has 2 aliphatic rings. The number of oxime groups is 1. The molecule has 0 radical (unpaired) electrons. The van der Waals surface area contributed by atoms with Crippen molar-refractivity contribution in [2.24, 2.45) is 11.1 Å². The first-order valence-corrected chi connectivity index (χ1v) is 14.0. The van der Waals surface area contributed by atoms with Crippen LogP contribution >= 0.6 is 0 Å². The third kappa shape index (κ3) is 9.16. The van der Waals surface area contributed by atoms with Gasteiger partial charge < -0.3 is 46.0 Å². The standard InChI is InChI=1S/C26H40FN4O3S2.O.Tc/c1-3-22(29-34-2)25-21(18-5-7-19(27)8-6-18)15-20-16-23(32)26(25)31(20)11-4-10-30(12-14-36)17-24(33)28-9-13-35;;/h5-8,20-21,23,25-26,35-36H,3-4,9-17H2,1-2H3,(H,28,33);;/q-1;-2;+5/p-2/b29-22+;;/t20?,21-,23?,25+,26?;;/m0../s1/i;;1+0. The van der Waals surface area contributed by atoms with E-state index in [4.69, 9.17) is 30.1 Å². The minimum atomic E-state index is -0.716. The molecule has 12 heteroatoms. The second-order valence-corrected chi connectivity index (χ2v) is 10.4. The monoisotopic (exact) mass is 651 g/mol. The molecule has 2 saturated heterocycles. The predicted molar refractivity (Wildman–Crippen MR) is 144 cm³/mol. The molecule has 0 aromatic heterocycles. The van der Waals surface area contributed by atoms with E-state index in [1.54, 1.807) is 0 Å². The number of nitrogens with zero attached hydrogens (tertiary/aromatic N) is 3. The number of carbonyl (C=O) groups excluding carboxylic acids is 1. The molecule has 0 saturated carbocycles. The summed E-state index contributed by atoms with van der Waals surface area (Å²) in [4.78, 5) is 21.8. The molecule has 0 spiro atoms. The minimum absolute atomic E-state index is 0. The fourth-order valence-corrected chi connectivity index (χ4v) is 6.33. The number of benzene rings is 1. The van der Waals surface area contributed by atoms with Crippen LogP contribution in [0.15, 0.2) is 29.4 Å². The van der Waals surface area contributed by atoms with Gasteiger partial charge in [0.15, 0.2) is 0 Å². The molecule has 212 valence electrons. The fraction of sp³-hybridized carbons (Fsp3) is 0.692. The first-order chi connectivity index (χ1) is 17.4. The van der Waals surface area contributed by atoms with E-state index in [0.717, 1.165) is 37.2 Å². The van der Waals surface area contributed by atoms with Gasteiger partial charge in [-0.15, -0.1) is 6.10 Å². The second kappa shape index (κ2) is 17.9. The summed E-state index contributed by atoms with van der Waals surface area (Å²) in [7, 11) is 1.54. The van der Waals surface area contributed by atoms with Crippen LogP contribution in [0, 0.1) is 11.7 Å². The average Bonchev–Trinajstić information content (AvgIpc) is 3.07. The summed E-state index contributed by atoms with van der Waals surface area (Å²) in [6, 6.07) is 6.64. The molecule has 3 unspecified atom stereocenters.